The highest BCUT2D eigenvalue weighted by atomic mass is 35.5. The lowest BCUT2D eigenvalue weighted by atomic mass is 10.1. The Morgan fingerprint density at radius 1 is 1.22 bits per heavy atom. The normalized spacial score (nSPS) is 11.6. The molecule has 3 rings (SSSR count). The van der Waals surface area contributed by atoms with Gasteiger partial charge in [0.25, 0.3) is 5.56 Å². The molecular formula is C18H20ClN5OS2. The van der Waals surface area contributed by atoms with Crippen molar-refractivity contribution in [1.82, 2.24) is 20.0 Å². The zero-order valence-electron chi connectivity index (χ0n) is 15.7. The van der Waals surface area contributed by atoms with E-state index in [4.69, 9.17) is 11.6 Å². The van der Waals surface area contributed by atoms with Gasteiger partial charge in [0.2, 0.25) is 5.13 Å². The molecular weight excluding hydrogens is 402 g/mol. The van der Waals surface area contributed by atoms with E-state index in [-0.39, 0.29) is 10.6 Å². The van der Waals surface area contributed by atoms with Crippen LogP contribution in [0.25, 0.3) is 0 Å². The molecule has 0 amide bonds. The Labute approximate surface area is 171 Å². The van der Waals surface area contributed by atoms with Crippen LogP contribution in [0.1, 0.15) is 31.9 Å². The van der Waals surface area contributed by atoms with Crippen LogP contribution in [0.15, 0.2) is 38.4 Å². The molecule has 0 atom stereocenters. The van der Waals surface area contributed by atoms with E-state index in [9.17, 15) is 4.79 Å². The molecule has 3 aromatic rings. The topological polar surface area (TPSA) is 72.7 Å². The summed E-state index contributed by atoms with van der Waals surface area (Å²) in [6.07, 6.45) is 1.60. The second-order valence-electron chi connectivity index (χ2n) is 7.13. The third-order valence-electron chi connectivity index (χ3n) is 3.76. The zero-order chi connectivity index (χ0) is 19.8. The van der Waals surface area contributed by atoms with Gasteiger partial charge in [-0.1, -0.05) is 46.8 Å². The van der Waals surface area contributed by atoms with Crippen LogP contribution in [0, 0.1) is 13.8 Å². The molecule has 0 fully saturated rings. The van der Waals surface area contributed by atoms with Crippen LogP contribution >= 0.6 is 34.7 Å². The number of nitrogens with one attached hydrogen (secondary N) is 1. The van der Waals surface area contributed by atoms with Gasteiger partial charge in [0.15, 0.2) is 4.34 Å². The van der Waals surface area contributed by atoms with Gasteiger partial charge in [-0.05, 0) is 51.8 Å². The first-order valence-electron chi connectivity index (χ1n) is 8.29. The molecule has 1 aromatic carbocycles. The van der Waals surface area contributed by atoms with Crippen LogP contribution in [-0.2, 0) is 5.54 Å². The lowest BCUT2D eigenvalue weighted by Crippen LogP contribution is -2.36. The van der Waals surface area contributed by atoms with Crippen LogP contribution in [0.3, 0.4) is 0 Å². The average Bonchev–Trinajstić information content (AvgIpc) is 3.01. The van der Waals surface area contributed by atoms with E-state index in [1.54, 1.807) is 6.20 Å². The van der Waals surface area contributed by atoms with E-state index in [1.165, 1.54) is 33.3 Å². The summed E-state index contributed by atoms with van der Waals surface area (Å²) in [7, 11) is 0. The zero-order valence-corrected chi connectivity index (χ0v) is 18.1. The summed E-state index contributed by atoms with van der Waals surface area (Å²) in [6.45, 7) is 9.79. The summed E-state index contributed by atoms with van der Waals surface area (Å²) in [5.74, 6) is 0. The SMILES string of the molecule is Cc1ccc(C)c(Nc2nnc(Sc3cnn(C(C)(C)C)c(=O)c3Cl)s2)c1. The monoisotopic (exact) mass is 421 g/mol. The number of halogens is 1. The Hall–Kier alpha value is -1.90. The minimum absolute atomic E-state index is 0.143. The first-order chi connectivity index (χ1) is 12.6. The number of nitrogens with zero attached hydrogens (tertiary/aromatic N) is 4. The second kappa shape index (κ2) is 7.61. The molecule has 6 nitrogen and oxygen atoms in total. The second-order valence-corrected chi connectivity index (χ2v) is 9.77. The standard InChI is InChI=1S/C18H20ClN5OS2/c1-10-6-7-11(2)12(8-10)21-16-22-23-17(27-16)26-13-9-20-24(18(3,4)5)15(25)14(13)19/h6-9H,1-5H3,(H,21,22). The van der Waals surface area contributed by atoms with E-state index in [1.807, 2.05) is 34.6 Å². The first-order valence-corrected chi connectivity index (χ1v) is 10.3. The Balaban J connectivity index is 1.81. The van der Waals surface area contributed by atoms with Crippen molar-refractivity contribution in [1.29, 1.82) is 0 Å². The van der Waals surface area contributed by atoms with Crippen LogP contribution < -0.4 is 10.9 Å². The number of anilines is 2. The van der Waals surface area contributed by atoms with E-state index in [0.29, 0.717) is 14.4 Å². The fraction of sp³-hybridized carbons (Fsp3) is 0.333. The van der Waals surface area contributed by atoms with E-state index < -0.39 is 5.54 Å². The summed E-state index contributed by atoms with van der Waals surface area (Å²) in [5.41, 5.74) is 2.54. The number of aromatic nitrogens is 4. The van der Waals surface area contributed by atoms with Crippen LogP contribution in [0.2, 0.25) is 5.02 Å². The maximum atomic E-state index is 12.5. The molecule has 0 aliphatic carbocycles. The van der Waals surface area contributed by atoms with Gasteiger partial charge < -0.3 is 5.32 Å². The maximum absolute atomic E-state index is 12.5. The Morgan fingerprint density at radius 3 is 2.67 bits per heavy atom. The van der Waals surface area contributed by atoms with Gasteiger partial charge in [-0.2, -0.15) is 5.10 Å². The minimum Gasteiger partial charge on any atom is -0.330 e. The first kappa shape index (κ1) is 19.9. The van der Waals surface area contributed by atoms with Crippen molar-refractivity contribution in [3.63, 3.8) is 0 Å². The predicted octanol–water partition coefficient (Wildman–Crippen LogP) is 5.01. The molecule has 0 spiro atoms. The molecule has 2 aromatic heterocycles. The van der Waals surface area contributed by atoms with Crippen molar-refractivity contribution in [2.45, 2.75) is 49.4 Å². The highest BCUT2D eigenvalue weighted by Crippen LogP contribution is 2.35. The van der Waals surface area contributed by atoms with Gasteiger partial charge in [-0.15, -0.1) is 10.2 Å². The van der Waals surface area contributed by atoms with Crippen LogP contribution in [0.5, 0.6) is 0 Å². The summed E-state index contributed by atoms with van der Waals surface area (Å²) in [6, 6.07) is 6.19. The molecule has 27 heavy (non-hydrogen) atoms. The highest BCUT2D eigenvalue weighted by Gasteiger charge is 2.20. The molecule has 2 heterocycles. The lowest BCUT2D eigenvalue weighted by molar-refractivity contribution is 0.336. The predicted molar refractivity (Wildman–Crippen MR) is 112 cm³/mol. The van der Waals surface area contributed by atoms with E-state index in [2.05, 4.69) is 38.8 Å². The fourth-order valence-electron chi connectivity index (χ4n) is 2.35. The molecule has 0 unspecified atom stereocenters. The molecule has 142 valence electrons. The largest absolute Gasteiger partial charge is 0.330 e. The summed E-state index contributed by atoms with van der Waals surface area (Å²) in [5, 5.41) is 16.7. The van der Waals surface area contributed by atoms with Crippen LogP contribution in [-0.4, -0.2) is 20.0 Å². The van der Waals surface area contributed by atoms with Crippen molar-refractivity contribution in [2.75, 3.05) is 5.32 Å². The number of hydrogen-bond donors (Lipinski definition) is 1. The summed E-state index contributed by atoms with van der Waals surface area (Å²) in [4.78, 5) is 13.0. The van der Waals surface area contributed by atoms with Gasteiger partial charge >= 0.3 is 0 Å². The van der Waals surface area contributed by atoms with E-state index >= 15 is 0 Å². The van der Waals surface area contributed by atoms with Crippen molar-refractivity contribution in [3.8, 4) is 0 Å². The smallest absolute Gasteiger partial charge is 0.287 e. The molecule has 0 aliphatic rings. The van der Waals surface area contributed by atoms with Crippen molar-refractivity contribution < 1.29 is 0 Å². The average molecular weight is 422 g/mol. The third kappa shape index (κ3) is 4.51. The van der Waals surface area contributed by atoms with Crippen molar-refractivity contribution in [2.24, 2.45) is 0 Å². The van der Waals surface area contributed by atoms with Crippen molar-refractivity contribution in [3.05, 3.63) is 50.9 Å². The number of rotatable bonds is 4. The van der Waals surface area contributed by atoms with Gasteiger partial charge in [0, 0.05) is 5.69 Å². The molecule has 0 saturated carbocycles. The minimum atomic E-state index is -0.435. The summed E-state index contributed by atoms with van der Waals surface area (Å²) < 4.78 is 2.06. The Bertz CT molecular complexity index is 1040. The third-order valence-corrected chi connectivity index (χ3v) is 6.16. The highest BCUT2D eigenvalue weighted by molar-refractivity contribution is 8.01. The van der Waals surface area contributed by atoms with E-state index in [0.717, 1.165) is 11.3 Å². The Morgan fingerprint density at radius 2 is 1.96 bits per heavy atom. The molecule has 0 bridgehead atoms. The van der Waals surface area contributed by atoms with Crippen LogP contribution in [0.4, 0.5) is 10.8 Å². The van der Waals surface area contributed by atoms with Crippen molar-refractivity contribution >= 4 is 45.5 Å². The quantitative estimate of drug-likeness (QED) is 0.637. The van der Waals surface area contributed by atoms with Gasteiger partial charge in [-0.25, -0.2) is 4.68 Å². The fourth-order valence-corrected chi connectivity index (χ4v) is 4.30. The number of benzene rings is 1. The molecule has 0 saturated heterocycles. The Kier molecular flexibility index (Phi) is 5.60. The number of hydrogen-bond acceptors (Lipinski definition) is 7. The van der Waals surface area contributed by atoms with Gasteiger partial charge in [-0.3, -0.25) is 4.79 Å². The lowest BCUT2D eigenvalue weighted by Gasteiger charge is -2.20. The number of aryl methyl sites for hydroxylation is 2. The van der Waals surface area contributed by atoms with Gasteiger partial charge in [0.05, 0.1) is 16.6 Å². The molecule has 0 radical (unpaired) electrons. The summed E-state index contributed by atoms with van der Waals surface area (Å²) >= 11 is 8.96. The molecule has 9 heteroatoms. The maximum Gasteiger partial charge on any atom is 0.287 e. The molecule has 1 N–H and O–H groups in total. The van der Waals surface area contributed by atoms with Gasteiger partial charge in [0.1, 0.15) is 5.02 Å². The molecule has 0 aliphatic heterocycles.